The molecule has 1 aliphatic heterocycles. The molecule has 0 aliphatic carbocycles. The topological polar surface area (TPSA) is 92.4 Å². The minimum Gasteiger partial charge on any atom is -0.320 e. The number of unbranched alkanes of at least 4 members (excludes halogenated alkanes) is 1. The van der Waals surface area contributed by atoms with Gasteiger partial charge in [0.05, 0.1) is 13.6 Å². The van der Waals surface area contributed by atoms with Crippen LogP contribution in [0.15, 0.2) is 0 Å². The van der Waals surface area contributed by atoms with Gasteiger partial charge >= 0.3 is 11.9 Å². The van der Waals surface area contributed by atoms with Crippen LogP contribution in [-0.4, -0.2) is 46.9 Å². The van der Waals surface area contributed by atoms with E-state index in [1.54, 1.807) is 0 Å². The molecule has 0 aromatic heterocycles. The molecule has 0 saturated carbocycles. The minimum absolute atomic E-state index is 0.150. The van der Waals surface area contributed by atoms with Crippen LogP contribution < -0.4 is 11.5 Å². The molecule has 0 saturated heterocycles. The van der Waals surface area contributed by atoms with Crippen LogP contribution >= 0.6 is 0 Å². The fourth-order valence-electron chi connectivity index (χ4n) is 1.43. The Hall–Kier alpha value is -1.43. The quantitative estimate of drug-likeness (QED) is 0.593. The highest BCUT2D eigenvalue weighted by Gasteiger charge is 2.41. The molecule has 1 rings (SSSR count). The van der Waals surface area contributed by atoms with Crippen LogP contribution in [0.1, 0.15) is 19.8 Å². The van der Waals surface area contributed by atoms with Crippen molar-refractivity contribution in [3.63, 3.8) is 0 Å². The van der Waals surface area contributed by atoms with E-state index < -0.39 is 18.0 Å². The normalized spacial score (nSPS) is 22.6. The summed E-state index contributed by atoms with van der Waals surface area (Å²) in [6.07, 6.45) is 1.78. The lowest BCUT2D eigenvalue weighted by Crippen LogP contribution is -2.62. The zero-order chi connectivity index (χ0) is 11.6. The van der Waals surface area contributed by atoms with Gasteiger partial charge < -0.3 is 11.5 Å². The van der Waals surface area contributed by atoms with Crippen molar-refractivity contribution in [1.29, 1.82) is 0 Å². The second-order valence-corrected chi connectivity index (χ2v) is 3.59. The van der Waals surface area contributed by atoms with Crippen molar-refractivity contribution in [3.8, 4) is 0 Å². The first kappa shape index (κ1) is 11.6. The number of hydrogen-bond donors (Lipinski definition) is 2. The van der Waals surface area contributed by atoms with E-state index in [2.05, 4.69) is 0 Å². The number of urea groups is 1. The molecule has 0 fully saturated rings. The Morgan fingerprint density at radius 2 is 2.07 bits per heavy atom. The van der Waals surface area contributed by atoms with E-state index in [4.69, 9.17) is 11.5 Å². The van der Waals surface area contributed by atoms with Crippen molar-refractivity contribution in [2.45, 2.75) is 25.8 Å². The summed E-state index contributed by atoms with van der Waals surface area (Å²) in [5, 5.41) is 0. The predicted octanol–water partition coefficient (Wildman–Crippen LogP) is -0.924. The van der Waals surface area contributed by atoms with Crippen molar-refractivity contribution in [1.82, 2.24) is 4.90 Å². The molecule has 0 aromatic carbocycles. The molecule has 15 heavy (non-hydrogen) atoms. The summed E-state index contributed by atoms with van der Waals surface area (Å²) in [4.78, 5) is 24.1. The van der Waals surface area contributed by atoms with E-state index in [0.29, 0.717) is 6.54 Å². The Balaban J connectivity index is 2.99. The summed E-state index contributed by atoms with van der Waals surface area (Å²) in [7, 11) is 1.41. The Morgan fingerprint density at radius 3 is 2.60 bits per heavy atom. The van der Waals surface area contributed by atoms with Gasteiger partial charge in [0.1, 0.15) is 0 Å². The molecule has 3 amide bonds. The Kier molecular flexibility index (Phi) is 3.41. The standard InChI is InChI=1S/C9H16N4O2/c1-3-4-5-13-7(11)6(10)8(14)12(2)9(13)15/h6,11H,3-5,10H2,1-2H3/p+1. The maximum atomic E-state index is 11.7. The zero-order valence-corrected chi connectivity index (χ0v) is 9.06. The lowest BCUT2D eigenvalue weighted by atomic mass is 10.2. The molecular formula is C9H17N4O2+. The molecule has 1 atom stereocenters. The smallest absolute Gasteiger partial charge is 0.320 e. The summed E-state index contributed by atoms with van der Waals surface area (Å²) >= 11 is 0. The van der Waals surface area contributed by atoms with Crippen molar-refractivity contribution < 1.29 is 14.2 Å². The monoisotopic (exact) mass is 213 g/mol. The molecule has 0 spiro atoms. The maximum Gasteiger partial charge on any atom is 0.445 e. The third-order valence-corrected chi connectivity index (χ3v) is 2.48. The number of amides is 3. The Labute approximate surface area is 88.5 Å². The van der Waals surface area contributed by atoms with Crippen molar-refractivity contribution in [3.05, 3.63) is 0 Å². The number of nitrogens with two attached hydrogens (primary N) is 2. The van der Waals surface area contributed by atoms with Gasteiger partial charge in [-0.25, -0.2) is 4.79 Å². The fourth-order valence-corrected chi connectivity index (χ4v) is 1.43. The van der Waals surface area contributed by atoms with Gasteiger partial charge in [0.2, 0.25) is 5.84 Å². The number of imide groups is 1. The van der Waals surface area contributed by atoms with Crippen LogP contribution in [-0.2, 0) is 4.79 Å². The van der Waals surface area contributed by atoms with Crippen LogP contribution in [0.2, 0.25) is 0 Å². The van der Waals surface area contributed by atoms with Gasteiger partial charge in [0.15, 0.2) is 6.04 Å². The lowest BCUT2D eigenvalue weighted by Gasteiger charge is -2.23. The number of nitrogens with zero attached hydrogens (tertiary/aromatic N) is 2. The Morgan fingerprint density at radius 1 is 1.47 bits per heavy atom. The average Bonchev–Trinajstić information content (AvgIpc) is 2.24. The number of amidine groups is 1. The molecule has 0 radical (unpaired) electrons. The van der Waals surface area contributed by atoms with Gasteiger partial charge in [-0.2, -0.15) is 9.48 Å². The van der Waals surface area contributed by atoms with Crippen molar-refractivity contribution in [2.24, 2.45) is 11.5 Å². The molecule has 0 aromatic rings. The van der Waals surface area contributed by atoms with Crippen LogP contribution in [0.3, 0.4) is 0 Å². The van der Waals surface area contributed by atoms with E-state index in [-0.39, 0.29) is 5.84 Å². The van der Waals surface area contributed by atoms with Gasteiger partial charge in [-0.05, 0) is 6.42 Å². The Bertz CT molecular complexity index is 324. The lowest BCUT2D eigenvalue weighted by molar-refractivity contribution is -0.440. The van der Waals surface area contributed by atoms with Gasteiger partial charge in [0.25, 0.3) is 0 Å². The number of carbonyl (C=O) groups is 2. The number of likely N-dealkylation sites (N-methyl/N-ethyl adjacent to an activating group) is 1. The molecule has 1 unspecified atom stereocenters. The molecule has 0 bridgehead atoms. The van der Waals surface area contributed by atoms with Crippen molar-refractivity contribution in [2.75, 3.05) is 13.6 Å². The summed E-state index contributed by atoms with van der Waals surface area (Å²) in [6.45, 7) is 2.52. The number of hydrogen-bond acceptors (Lipinski definition) is 4. The first-order valence-corrected chi connectivity index (χ1v) is 4.97. The van der Waals surface area contributed by atoms with E-state index in [1.165, 1.54) is 11.6 Å². The van der Waals surface area contributed by atoms with E-state index in [0.717, 1.165) is 17.7 Å². The predicted molar refractivity (Wildman–Crippen MR) is 55.4 cm³/mol. The van der Waals surface area contributed by atoms with Gasteiger partial charge in [-0.15, -0.1) is 0 Å². The first-order valence-electron chi connectivity index (χ1n) is 4.97. The third-order valence-electron chi connectivity index (χ3n) is 2.48. The zero-order valence-electron chi connectivity index (χ0n) is 9.06. The molecule has 1 heterocycles. The number of rotatable bonds is 3. The average molecular weight is 213 g/mol. The fraction of sp³-hybridized carbons (Fsp3) is 0.667. The molecule has 6 nitrogen and oxygen atoms in total. The highest BCUT2D eigenvalue weighted by Crippen LogP contribution is 2.04. The van der Waals surface area contributed by atoms with Crippen molar-refractivity contribution >= 4 is 17.8 Å². The second kappa shape index (κ2) is 4.39. The summed E-state index contributed by atoms with van der Waals surface area (Å²) < 4.78 is 1.37. The molecule has 6 heteroatoms. The van der Waals surface area contributed by atoms with Crippen LogP contribution in [0.25, 0.3) is 0 Å². The van der Waals surface area contributed by atoms with Crippen LogP contribution in [0, 0.1) is 0 Å². The largest absolute Gasteiger partial charge is 0.445 e. The summed E-state index contributed by atoms with van der Waals surface area (Å²) in [5.74, 6) is -0.304. The van der Waals surface area contributed by atoms with Gasteiger partial charge in [-0.1, -0.05) is 13.3 Å². The number of carbonyl (C=O) groups excluding carboxylic acids is 2. The highest BCUT2D eigenvalue weighted by atomic mass is 16.2. The van der Waals surface area contributed by atoms with Gasteiger partial charge in [-0.3, -0.25) is 4.79 Å². The molecule has 1 aliphatic rings. The molecular weight excluding hydrogens is 196 g/mol. The van der Waals surface area contributed by atoms with Crippen LogP contribution in [0.5, 0.6) is 0 Å². The SMILES string of the molecule is CCCC[N+]1=C(N)C(N)C(=O)N(C)C1=O. The van der Waals surface area contributed by atoms with E-state index >= 15 is 0 Å². The van der Waals surface area contributed by atoms with Gasteiger partial charge in [0, 0.05) is 0 Å². The summed E-state index contributed by atoms with van der Waals surface area (Å²) in [5.41, 5.74) is 11.2. The highest BCUT2D eigenvalue weighted by molar-refractivity contribution is 6.12. The second-order valence-electron chi connectivity index (χ2n) is 3.59. The third kappa shape index (κ3) is 1.99. The molecule has 4 N–H and O–H groups in total. The summed E-state index contributed by atoms with van der Waals surface area (Å²) in [6, 6.07) is -1.29. The minimum atomic E-state index is -0.899. The van der Waals surface area contributed by atoms with E-state index in [1.807, 2.05) is 6.92 Å². The van der Waals surface area contributed by atoms with Crippen LogP contribution in [0.4, 0.5) is 4.79 Å². The molecule has 84 valence electrons. The van der Waals surface area contributed by atoms with E-state index in [9.17, 15) is 9.59 Å². The first-order chi connectivity index (χ1) is 7.00. The maximum absolute atomic E-state index is 11.7.